The number of halogens is 1. The summed E-state index contributed by atoms with van der Waals surface area (Å²) in [4.78, 5) is 26.3. The fourth-order valence-corrected chi connectivity index (χ4v) is 11.1. The highest BCUT2D eigenvalue weighted by atomic mass is 35.5. The van der Waals surface area contributed by atoms with Crippen molar-refractivity contribution in [3.63, 3.8) is 0 Å². The molecule has 40 heavy (non-hydrogen) atoms. The summed E-state index contributed by atoms with van der Waals surface area (Å²) in [6.07, 6.45) is 1.93. The Morgan fingerprint density at radius 1 is 1.00 bits per heavy atom. The van der Waals surface area contributed by atoms with Crippen LogP contribution < -0.4 is 0 Å². The SMILES string of the molecule is CCOC(=O)[C@@]12CCC3=C([C@@H](CCl)C[C@@H]4[C@@]5(C)C[C@H](O)[C@H](O)[C@@](C)(C(=O)O)[C@@H]5CC[C@@]34C)[C@@H]1CC(C)(C)[C@@H](O)C2. The first-order valence-electron chi connectivity index (χ1n) is 15.3. The average molecular weight is 581 g/mol. The van der Waals surface area contributed by atoms with Crippen LogP contribution in [-0.2, 0) is 14.3 Å². The molecule has 0 spiro atoms. The van der Waals surface area contributed by atoms with Gasteiger partial charge >= 0.3 is 11.9 Å². The Bertz CT molecular complexity index is 1100. The molecule has 3 fully saturated rings. The van der Waals surface area contributed by atoms with Crippen molar-refractivity contribution in [1.82, 2.24) is 0 Å². The van der Waals surface area contributed by atoms with Crippen molar-refractivity contribution in [3.8, 4) is 0 Å². The molecule has 4 N–H and O–H groups in total. The van der Waals surface area contributed by atoms with Gasteiger partial charge in [0, 0.05) is 5.88 Å². The third kappa shape index (κ3) is 3.85. The second-order valence-corrected chi connectivity index (χ2v) is 15.5. The number of hydrogen-bond acceptors (Lipinski definition) is 6. The molecule has 7 nitrogen and oxygen atoms in total. The van der Waals surface area contributed by atoms with Crippen LogP contribution in [0.4, 0.5) is 0 Å². The minimum atomic E-state index is -1.44. The van der Waals surface area contributed by atoms with E-state index >= 15 is 0 Å². The zero-order valence-electron chi connectivity index (χ0n) is 25.0. The smallest absolute Gasteiger partial charge is 0.312 e. The molecule has 0 heterocycles. The van der Waals surface area contributed by atoms with Crippen molar-refractivity contribution < 1.29 is 34.8 Å². The van der Waals surface area contributed by atoms with E-state index in [4.69, 9.17) is 16.3 Å². The predicted molar refractivity (Wildman–Crippen MR) is 151 cm³/mol. The lowest BCUT2D eigenvalue weighted by molar-refractivity contribution is -0.226. The first-order chi connectivity index (χ1) is 18.5. The molecule has 8 heteroatoms. The van der Waals surface area contributed by atoms with E-state index in [0.717, 1.165) is 19.3 Å². The fraction of sp³-hybridized carbons (Fsp3) is 0.875. The van der Waals surface area contributed by atoms with Gasteiger partial charge in [-0.25, -0.2) is 0 Å². The van der Waals surface area contributed by atoms with E-state index in [1.165, 1.54) is 11.1 Å². The Labute approximate surface area is 243 Å². The van der Waals surface area contributed by atoms with E-state index in [1.807, 2.05) is 6.92 Å². The number of fused-ring (bicyclic) bond motifs is 6. The van der Waals surface area contributed by atoms with Gasteiger partial charge in [-0.15, -0.1) is 11.6 Å². The summed E-state index contributed by atoms with van der Waals surface area (Å²) in [5.74, 6) is -1.12. The number of carboxylic acid groups (broad SMARTS) is 1. The van der Waals surface area contributed by atoms with Gasteiger partial charge in [0.2, 0.25) is 0 Å². The molecule has 5 rings (SSSR count). The number of aliphatic hydroxyl groups is 3. The van der Waals surface area contributed by atoms with Gasteiger partial charge in [0.1, 0.15) is 0 Å². The number of aliphatic carboxylic acids is 1. The van der Waals surface area contributed by atoms with E-state index < -0.39 is 40.5 Å². The highest BCUT2D eigenvalue weighted by molar-refractivity contribution is 6.18. The molecule has 5 aliphatic carbocycles. The molecule has 0 saturated heterocycles. The number of aliphatic hydroxyl groups excluding tert-OH is 3. The second-order valence-electron chi connectivity index (χ2n) is 15.2. The Morgan fingerprint density at radius 3 is 2.27 bits per heavy atom. The van der Waals surface area contributed by atoms with Crippen LogP contribution in [0.5, 0.6) is 0 Å². The standard InChI is InChI=1S/C32H49ClO7/c1-7-40-27(39)32-11-8-18-24(19(32)13-28(2,3)23(35)15-32)17(16-33)12-22-29(18,4)10-9-21-30(22,5)14-20(34)25(36)31(21,6)26(37)38/h17,19-23,25,34-36H,7-16H2,1-6H3,(H,37,38)/t17-,19+,20+,21-,22+,23+,25+,29+,30+,31+,32-/m1/s1. The Hall–Kier alpha value is -1.15. The fourth-order valence-electron chi connectivity index (χ4n) is 10.8. The molecule has 0 aromatic carbocycles. The normalized spacial score (nSPS) is 49.7. The number of alkyl halides is 1. The van der Waals surface area contributed by atoms with Gasteiger partial charge in [0.25, 0.3) is 0 Å². The Balaban J connectivity index is 1.65. The van der Waals surface area contributed by atoms with Gasteiger partial charge in [-0.1, -0.05) is 38.8 Å². The molecule has 226 valence electrons. The van der Waals surface area contributed by atoms with Crippen LogP contribution in [0.2, 0.25) is 0 Å². The quantitative estimate of drug-likeness (QED) is 0.211. The molecule has 3 saturated carbocycles. The Kier molecular flexibility index (Phi) is 7.34. The van der Waals surface area contributed by atoms with Crippen LogP contribution in [0.3, 0.4) is 0 Å². The number of rotatable bonds is 4. The third-order valence-corrected chi connectivity index (χ3v) is 13.4. The van der Waals surface area contributed by atoms with E-state index in [0.29, 0.717) is 44.6 Å². The molecule has 5 aliphatic rings. The summed E-state index contributed by atoms with van der Waals surface area (Å²) in [7, 11) is 0. The van der Waals surface area contributed by atoms with Crippen LogP contribution in [0.15, 0.2) is 11.1 Å². The number of carbonyl (C=O) groups excluding carboxylic acids is 1. The summed E-state index contributed by atoms with van der Waals surface area (Å²) >= 11 is 6.79. The maximum atomic E-state index is 13.7. The minimum Gasteiger partial charge on any atom is -0.481 e. The number of carboxylic acids is 1. The molecule has 0 aromatic rings. The molecular formula is C32H49ClO7. The van der Waals surface area contributed by atoms with Crippen molar-refractivity contribution >= 4 is 23.5 Å². The highest BCUT2D eigenvalue weighted by Gasteiger charge is 2.69. The number of esters is 1. The maximum absolute atomic E-state index is 13.7. The lowest BCUT2D eigenvalue weighted by atomic mass is 9.37. The van der Waals surface area contributed by atoms with Crippen molar-refractivity contribution in [1.29, 1.82) is 0 Å². The molecule has 0 unspecified atom stereocenters. The molecule has 0 radical (unpaired) electrons. The van der Waals surface area contributed by atoms with Gasteiger partial charge in [-0.3, -0.25) is 9.59 Å². The summed E-state index contributed by atoms with van der Waals surface area (Å²) < 4.78 is 5.68. The number of hydrogen-bond donors (Lipinski definition) is 4. The monoisotopic (exact) mass is 580 g/mol. The van der Waals surface area contributed by atoms with Crippen LogP contribution in [0.1, 0.15) is 92.9 Å². The molecule has 0 aliphatic heterocycles. The lowest BCUT2D eigenvalue weighted by Gasteiger charge is -2.68. The average Bonchev–Trinajstić information content (AvgIpc) is 2.87. The largest absolute Gasteiger partial charge is 0.481 e. The molecular weight excluding hydrogens is 532 g/mol. The topological polar surface area (TPSA) is 124 Å². The number of ether oxygens (including phenoxy) is 1. The maximum Gasteiger partial charge on any atom is 0.312 e. The van der Waals surface area contributed by atoms with Crippen molar-refractivity contribution in [2.75, 3.05) is 12.5 Å². The summed E-state index contributed by atoms with van der Waals surface area (Å²) in [5.41, 5.74) is -0.651. The van der Waals surface area contributed by atoms with E-state index in [-0.39, 0.29) is 40.5 Å². The molecule has 11 atom stereocenters. The zero-order valence-corrected chi connectivity index (χ0v) is 25.8. The molecule has 0 amide bonds. The first-order valence-corrected chi connectivity index (χ1v) is 15.8. The zero-order chi connectivity index (χ0) is 29.6. The van der Waals surface area contributed by atoms with Crippen molar-refractivity contribution in [2.24, 2.45) is 50.7 Å². The van der Waals surface area contributed by atoms with Gasteiger partial charge < -0.3 is 25.2 Å². The van der Waals surface area contributed by atoms with E-state index in [1.54, 1.807) is 6.92 Å². The van der Waals surface area contributed by atoms with Crippen molar-refractivity contribution in [2.45, 2.75) is 111 Å². The number of allylic oxidation sites excluding steroid dienone is 2. The number of carbonyl (C=O) groups is 2. The van der Waals surface area contributed by atoms with Gasteiger partial charge in [-0.05, 0) is 105 Å². The predicted octanol–water partition coefficient (Wildman–Crippen LogP) is 4.94. The summed E-state index contributed by atoms with van der Waals surface area (Å²) in [5, 5.41) is 43.5. The van der Waals surface area contributed by atoms with Crippen LogP contribution >= 0.6 is 11.6 Å². The van der Waals surface area contributed by atoms with E-state index in [9.17, 15) is 30.0 Å². The first kappa shape index (κ1) is 30.3. The second kappa shape index (κ2) is 9.68. The van der Waals surface area contributed by atoms with Gasteiger partial charge in [0.15, 0.2) is 0 Å². The molecule has 0 bridgehead atoms. The Morgan fingerprint density at radius 2 is 1.68 bits per heavy atom. The lowest BCUT2D eigenvalue weighted by Crippen LogP contribution is -2.67. The van der Waals surface area contributed by atoms with Gasteiger partial charge in [-0.2, -0.15) is 0 Å². The van der Waals surface area contributed by atoms with Crippen LogP contribution in [0, 0.1) is 50.7 Å². The highest BCUT2D eigenvalue weighted by Crippen LogP contribution is 2.72. The van der Waals surface area contributed by atoms with Crippen LogP contribution in [-0.4, -0.2) is 63.2 Å². The van der Waals surface area contributed by atoms with Crippen LogP contribution in [0.25, 0.3) is 0 Å². The van der Waals surface area contributed by atoms with Crippen molar-refractivity contribution in [3.05, 3.63) is 11.1 Å². The van der Waals surface area contributed by atoms with Gasteiger partial charge in [0.05, 0.1) is 35.7 Å². The summed E-state index contributed by atoms with van der Waals surface area (Å²) in [6.45, 7) is 12.4. The van der Waals surface area contributed by atoms with E-state index in [2.05, 4.69) is 27.7 Å². The molecule has 0 aromatic heterocycles. The minimum absolute atomic E-state index is 0.00976. The third-order valence-electron chi connectivity index (χ3n) is 13.0. The summed E-state index contributed by atoms with van der Waals surface area (Å²) in [6, 6.07) is 0.